The summed E-state index contributed by atoms with van der Waals surface area (Å²) in [6.45, 7) is 11.3. The third kappa shape index (κ3) is 34.7. The van der Waals surface area contributed by atoms with Crippen LogP contribution >= 0.6 is 0 Å². The second-order valence-corrected chi connectivity index (χ2v) is 17.2. The molecule has 0 unspecified atom stereocenters. The van der Waals surface area contributed by atoms with Crippen LogP contribution in [-0.4, -0.2) is 113 Å². The summed E-state index contributed by atoms with van der Waals surface area (Å²) in [5.74, 6) is -1.34. The number of nitrogens with zero attached hydrogens (tertiary/aromatic N) is 1. The van der Waals surface area contributed by atoms with E-state index in [-0.39, 0.29) is 45.6 Å². The van der Waals surface area contributed by atoms with Crippen molar-refractivity contribution in [1.82, 2.24) is 4.90 Å². The number of hydrogen-bond donors (Lipinski definition) is 0. The molecular formula is C49H89NO12. The van der Waals surface area contributed by atoms with Crippen LogP contribution in [0.25, 0.3) is 0 Å². The van der Waals surface area contributed by atoms with Crippen LogP contribution in [-0.2, 0) is 57.1 Å². The lowest BCUT2D eigenvalue weighted by Crippen LogP contribution is -2.24. The van der Waals surface area contributed by atoms with Crippen LogP contribution < -0.4 is 0 Å². The van der Waals surface area contributed by atoms with Gasteiger partial charge in [0.15, 0.2) is 0 Å². The van der Waals surface area contributed by atoms with Gasteiger partial charge in [-0.05, 0) is 89.3 Å². The first-order chi connectivity index (χ1) is 30.2. The Labute approximate surface area is 376 Å². The highest BCUT2D eigenvalue weighted by Gasteiger charge is 2.18. The van der Waals surface area contributed by atoms with Crippen molar-refractivity contribution in [3.8, 4) is 0 Å². The Balaban J connectivity index is 2.37. The van der Waals surface area contributed by atoms with Gasteiger partial charge in [0.2, 0.25) is 0 Å². The zero-order valence-corrected chi connectivity index (χ0v) is 39.7. The van der Waals surface area contributed by atoms with E-state index in [0.717, 1.165) is 64.6 Å². The number of ether oxygens (including phenoxy) is 7. The molecule has 0 aromatic carbocycles. The minimum absolute atomic E-state index is 0.0976. The average Bonchev–Trinajstić information content (AvgIpc) is 3.77. The molecule has 62 heavy (non-hydrogen) atoms. The topological polar surface area (TPSA) is 153 Å². The maximum Gasteiger partial charge on any atom is 0.332 e. The molecule has 0 amide bonds. The van der Waals surface area contributed by atoms with Gasteiger partial charge in [-0.2, -0.15) is 0 Å². The van der Waals surface area contributed by atoms with E-state index in [2.05, 4.69) is 32.6 Å². The predicted octanol–water partition coefficient (Wildman–Crippen LogP) is 9.87. The standard InChI is InChI=1S/C49H89NO12/c1-5-9-13-22-42(23-14-10-6-2)29-36-60-48(54)40-56-38-46(52)58-34-20-26-44(62-45(51)28-19-33-50-31-17-18-32-50)27-21-35-59-47(53)39-57-41-49(55)61-37-30-43(24-15-11-7-3)25-16-12-8-4/h42-44H,5-41H2,1-4H3. The molecule has 0 atom stereocenters. The van der Waals surface area contributed by atoms with Gasteiger partial charge in [-0.3, -0.25) is 4.79 Å². The van der Waals surface area contributed by atoms with E-state index >= 15 is 0 Å². The molecule has 13 nitrogen and oxygen atoms in total. The fourth-order valence-electron chi connectivity index (χ4n) is 7.83. The van der Waals surface area contributed by atoms with Crippen LogP contribution in [0.3, 0.4) is 0 Å². The third-order valence-corrected chi connectivity index (χ3v) is 11.5. The van der Waals surface area contributed by atoms with Crippen molar-refractivity contribution in [3.63, 3.8) is 0 Å². The fraction of sp³-hybridized carbons (Fsp3) is 0.898. The predicted molar refractivity (Wildman–Crippen MR) is 242 cm³/mol. The highest BCUT2D eigenvalue weighted by atomic mass is 16.6. The molecule has 0 saturated carbocycles. The van der Waals surface area contributed by atoms with Crippen molar-refractivity contribution in [2.75, 3.05) is 72.5 Å². The number of carbonyl (C=O) groups is 5. The van der Waals surface area contributed by atoms with Gasteiger partial charge in [-0.1, -0.05) is 130 Å². The summed E-state index contributed by atoms with van der Waals surface area (Å²) in [6, 6.07) is 0. The minimum atomic E-state index is -0.591. The van der Waals surface area contributed by atoms with Gasteiger partial charge in [0.05, 0.1) is 26.4 Å². The lowest BCUT2D eigenvalue weighted by Gasteiger charge is -2.19. The summed E-state index contributed by atoms with van der Waals surface area (Å²) in [4.78, 5) is 64.1. The maximum absolute atomic E-state index is 12.7. The van der Waals surface area contributed by atoms with Crippen LogP contribution in [0.15, 0.2) is 0 Å². The summed E-state index contributed by atoms with van der Waals surface area (Å²) in [7, 11) is 0. The molecule has 0 aromatic heterocycles. The van der Waals surface area contributed by atoms with E-state index in [1.807, 2.05) is 0 Å². The lowest BCUT2D eigenvalue weighted by atomic mass is 9.92. The number of carbonyl (C=O) groups excluding carboxylic acids is 5. The van der Waals surface area contributed by atoms with E-state index < -0.39 is 30.0 Å². The summed E-state index contributed by atoms with van der Waals surface area (Å²) in [5, 5.41) is 0. The van der Waals surface area contributed by atoms with Gasteiger partial charge >= 0.3 is 29.8 Å². The third-order valence-electron chi connectivity index (χ3n) is 11.5. The summed E-state index contributed by atoms with van der Waals surface area (Å²) in [6.07, 6.45) is 25.5. The molecule has 1 aliphatic heterocycles. The molecule has 0 spiro atoms. The van der Waals surface area contributed by atoms with Crippen LogP contribution in [0, 0.1) is 11.8 Å². The Kier molecular flexibility index (Phi) is 37.8. The first-order valence-corrected chi connectivity index (χ1v) is 24.9. The lowest BCUT2D eigenvalue weighted by molar-refractivity contribution is -0.157. The molecule has 1 aliphatic rings. The Bertz CT molecular complexity index is 1040. The molecule has 0 radical (unpaired) electrons. The van der Waals surface area contributed by atoms with Crippen LogP contribution in [0.4, 0.5) is 0 Å². The number of unbranched alkanes of at least 4 members (excludes halogenated alkanes) is 8. The van der Waals surface area contributed by atoms with Gasteiger partial charge < -0.3 is 38.1 Å². The van der Waals surface area contributed by atoms with Crippen molar-refractivity contribution in [1.29, 1.82) is 0 Å². The van der Waals surface area contributed by atoms with Gasteiger partial charge in [-0.25, -0.2) is 19.2 Å². The summed E-state index contributed by atoms with van der Waals surface area (Å²) < 4.78 is 37.7. The zero-order valence-electron chi connectivity index (χ0n) is 39.7. The molecule has 0 bridgehead atoms. The number of esters is 5. The molecule has 1 saturated heterocycles. The molecule has 362 valence electrons. The smallest absolute Gasteiger partial charge is 0.332 e. The van der Waals surface area contributed by atoms with Crippen molar-refractivity contribution in [2.24, 2.45) is 11.8 Å². The second-order valence-electron chi connectivity index (χ2n) is 17.2. The quantitative estimate of drug-likeness (QED) is 0.0325. The van der Waals surface area contributed by atoms with Crippen LogP contribution in [0.2, 0.25) is 0 Å². The summed E-state index contributed by atoms with van der Waals surface area (Å²) >= 11 is 0. The fourth-order valence-corrected chi connectivity index (χ4v) is 7.83. The molecule has 1 fully saturated rings. The monoisotopic (exact) mass is 884 g/mol. The number of hydrogen-bond acceptors (Lipinski definition) is 13. The van der Waals surface area contributed by atoms with Crippen LogP contribution in [0.1, 0.15) is 195 Å². The molecule has 0 aromatic rings. The molecular weight excluding hydrogens is 795 g/mol. The number of rotatable bonds is 43. The van der Waals surface area contributed by atoms with Crippen molar-refractivity contribution in [2.45, 2.75) is 201 Å². The van der Waals surface area contributed by atoms with E-state index in [1.54, 1.807) is 0 Å². The maximum atomic E-state index is 12.7. The molecule has 0 N–H and O–H groups in total. The first-order valence-electron chi connectivity index (χ1n) is 24.9. The SMILES string of the molecule is CCCCCC(CCCCC)CCOC(=O)COCC(=O)OCCCC(CCCOC(=O)COCC(=O)OCCC(CCCCC)CCCCC)OC(=O)CCCN1CCCC1. The van der Waals surface area contributed by atoms with Gasteiger partial charge in [0, 0.05) is 6.42 Å². The Hall–Kier alpha value is -2.77. The minimum Gasteiger partial charge on any atom is -0.464 e. The van der Waals surface area contributed by atoms with Crippen LogP contribution in [0.5, 0.6) is 0 Å². The average molecular weight is 884 g/mol. The molecule has 0 aliphatic carbocycles. The van der Waals surface area contributed by atoms with E-state index in [1.165, 1.54) is 89.9 Å². The zero-order chi connectivity index (χ0) is 45.3. The first kappa shape index (κ1) is 57.2. The normalized spacial score (nSPS) is 13.0. The Morgan fingerprint density at radius 1 is 0.419 bits per heavy atom. The van der Waals surface area contributed by atoms with E-state index in [4.69, 9.17) is 33.2 Å². The molecule has 1 heterocycles. The molecule has 13 heteroatoms. The van der Waals surface area contributed by atoms with Crippen molar-refractivity contribution < 1.29 is 57.1 Å². The largest absolute Gasteiger partial charge is 0.464 e. The van der Waals surface area contributed by atoms with Gasteiger partial charge in [0.25, 0.3) is 0 Å². The van der Waals surface area contributed by atoms with Gasteiger partial charge in [0.1, 0.15) is 32.5 Å². The van der Waals surface area contributed by atoms with E-state index in [9.17, 15) is 24.0 Å². The van der Waals surface area contributed by atoms with E-state index in [0.29, 0.717) is 57.2 Å². The number of likely N-dealkylation sites (tertiary alicyclic amines) is 1. The van der Waals surface area contributed by atoms with Gasteiger partial charge in [-0.15, -0.1) is 0 Å². The molecule has 1 rings (SSSR count). The highest BCUT2D eigenvalue weighted by molar-refractivity contribution is 5.74. The second kappa shape index (κ2) is 41.0. The van der Waals surface area contributed by atoms with Crippen molar-refractivity contribution in [3.05, 3.63) is 0 Å². The Morgan fingerprint density at radius 2 is 0.790 bits per heavy atom. The Morgan fingerprint density at radius 3 is 1.16 bits per heavy atom. The highest BCUT2D eigenvalue weighted by Crippen LogP contribution is 2.22. The van der Waals surface area contributed by atoms with Crippen molar-refractivity contribution >= 4 is 29.8 Å². The summed E-state index contributed by atoms with van der Waals surface area (Å²) in [5.41, 5.74) is 0.